The summed E-state index contributed by atoms with van der Waals surface area (Å²) in [7, 11) is 0. The highest BCUT2D eigenvalue weighted by Crippen LogP contribution is 2.26. The first-order valence-electron chi connectivity index (χ1n) is 2.67. The third-order valence-corrected chi connectivity index (χ3v) is 1.42. The van der Waals surface area contributed by atoms with E-state index < -0.39 is 0 Å². The van der Waals surface area contributed by atoms with E-state index in [1.165, 1.54) is 0 Å². The van der Waals surface area contributed by atoms with Gasteiger partial charge in [-0.15, -0.1) is 0 Å². The molecule has 3 nitrogen and oxygen atoms in total. The van der Waals surface area contributed by atoms with Crippen molar-refractivity contribution in [1.29, 1.82) is 0 Å². The fourth-order valence-corrected chi connectivity index (χ4v) is 0.801. The topological polar surface area (TPSA) is 38.8 Å². The van der Waals surface area contributed by atoms with Crippen LogP contribution in [0.2, 0.25) is 0 Å². The van der Waals surface area contributed by atoms with E-state index in [-0.39, 0.29) is 18.2 Å². The lowest BCUT2D eigenvalue weighted by Crippen LogP contribution is -2.36. The number of ether oxygens (including phenoxy) is 2. The van der Waals surface area contributed by atoms with Crippen LogP contribution < -0.4 is 0 Å². The predicted molar refractivity (Wildman–Crippen MR) is 24.2 cm³/mol. The van der Waals surface area contributed by atoms with E-state index >= 15 is 0 Å². The summed E-state index contributed by atoms with van der Waals surface area (Å²) in [6, 6.07) is 0. The number of carbonyl (C=O) groups excluding carboxylic acids is 1. The van der Waals surface area contributed by atoms with Gasteiger partial charge in [0.15, 0.2) is 0 Å². The highest BCUT2D eigenvalue weighted by Gasteiger charge is 2.43. The van der Waals surface area contributed by atoms with Crippen molar-refractivity contribution in [3.05, 3.63) is 0 Å². The highest BCUT2D eigenvalue weighted by molar-refractivity contribution is 5.75. The third kappa shape index (κ3) is 0.512. The molecule has 2 unspecified atom stereocenters. The molecule has 0 saturated carbocycles. The van der Waals surface area contributed by atoms with Crippen molar-refractivity contribution in [3.8, 4) is 0 Å². The second-order valence-electron chi connectivity index (χ2n) is 2.10. The van der Waals surface area contributed by atoms with Crippen LogP contribution in [-0.2, 0) is 14.3 Å². The van der Waals surface area contributed by atoms with Crippen LogP contribution in [0.15, 0.2) is 0 Å². The lowest BCUT2D eigenvalue weighted by molar-refractivity contribution is -0.171. The fourth-order valence-electron chi connectivity index (χ4n) is 0.801. The van der Waals surface area contributed by atoms with Gasteiger partial charge in [-0.25, -0.2) is 0 Å². The number of cyclic esters (lactones) is 1. The van der Waals surface area contributed by atoms with Crippen LogP contribution in [0.1, 0.15) is 6.42 Å². The Morgan fingerprint density at radius 2 is 2.12 bits per heavy atom. The lowest BCUT2D eigenvalue weighted by atomic mass is 10.1. The molecule has 2 rings (SSSR count). The van der Waals surface area contributed by atoms with Crippen molar-refractivity contribution in [2.24, 2.45) is 0 Å². The molecule has 3 heteroatoms. The van der Waals surface area contributed by atoms with Gasteiger partial charge in [0.25, 0.3) is 0 Å². The molecule has 0 amide bonds. The van der Waals surface area contributed by atoms with E-state index in [0.717, 1.165) is 6.61 Å². The van der Waals surface area contributed by atoms with Crippen LogP contribution in [0.4, 0.5) is 0 Å². The maximum atomic E-state index is 10.2. The molecule has 2 atom stereocenters. The van der Waals surface area contributed by atoms with Gasteiger partial charge in [0.05, 0.1) is 13.0 Å². The van der Waals surface area contributed by atoms with Crippen LogP contribution in [0, 0.1) is 0 Å². The van der Waals surface area contributed by atoms with E-state index in [2.05, 4.69) is 0 Å². The van der Waals surface area contributed by atoms with E-state index in [1.54, 1.807) is 0 Å². The van der Waals surface area contributed by atoms with E-state index in [9.17, 15) is 4.79 Å². The Bertz CT molecular complexity index is 120. The Hall–Kier alpha value is -0.570. The number of rotatable bonds is 1. The summed E-state index contributed by atoms with van der Waals surface area (Å²) in [5.74, 6) is -0.0921. The Morgan fingerprint density at radius 3 is 2.50 bits per heavy atom. The Kier molecular flexibility index (Phi) is 0.663. The van der Waals surface area contributed by atoms with Gasteiger partial charge >= 0.3 is 5.97 Å². The molecule has 2 saturated heterocycles. The summed E-state index contributed by atoms with van der Waals surface area (Å²) in [4.78, 5) is 10.2. The monoisotopic (exact) mass is 114 g/mol. The molecule has 0 radical (unpaired) electrons. The maximum Gasteiger partial charge on any atom is 0.310 e. The number of epoxide rings is 1. The molecule has 0 N–H and O–H groups in total. The number of carbonyl (C=O) groups is 1. The van der Waals surface area contributed by atoms with Crippen LogP contribution in [-0.4, -0.2) is 24.8 Å². The van der Waals surface area contributed by atoms with Crippen LogP contribution >= 0.6 is 0 Å². The number of hydrogen-bond acceptors (Lipinski definition) is 3. The van der Waals surface area contributed by atoms with Crippen molar-refractivity contribution in [3.63, 3.8) is 0 Å². The second-order valence-corrected chi connectivity index (χ2v) is 2.10. The average molecular weight is 114 g/mol. The molecular formula is C5H6O3. The summed E-state index contributed by atoms with van der Waals surface area (Å²) in [6.45, 7) is 0.776. The Balaban J connectivity index is 1.86. The minimum absolute atomic E-state index is 0.0921. The number of esters is 1. The molecular weight excluding hydrogens is 108 g/mol. The molecule has 8 heavy (non-hydrogen) atoms. The first kappa shape index (κ1) is 4.32. The normalized spacial score (nSPS) is 42.8. The summed E-state index contributed by atoms with van der Waals surface area (Å²) in [6.07, 6.45) is 0.903. The number of hydrogen-bond donors (Lipinski definition) is 0. The van der Waals surface area contributed by atoms with Gasteiger partial charge in [0.1, 0.15) is 12.2 Å². The molecule has 44 valence electrons. The van der Waals surface area contributed by atoms with Crippen molar-refractivity contribution in [2.75, 3.05) is 6.61 Å². The van der Waals surface area contributed by atoms with Gasteiger partial charge in [-0.3, -0.25) is 4.79 Å². The van der Waals surface area contributed by atoms with Gasteiger partial charge in [-0.1, -0.05) is 0 Å². The summed E-state index contributed by atoms with van der Waals surface area (Å²) in [5.41, 5.74) is 0. The van der Waals surface area contributed by atoms with Gasteiger partial charge in [-0.05, 0) is 0 Å². The standard InChI is InChI=1S/C5H6O3/c6-5-1-3(8-5)4-2-7-4/h3-4H,1-2H2. The zero-order chi connectivity index (χ0) is 5.56. The molecule has 0 bridgehead atoms. The molecule has 0 spiro atoms. The molecule has 2 aliphatic rings. The first-order valence-corrected chi connectivity index (χ1v) is 2.67. The van der Waals surface area contributed by atoms with Crippen LogP contribution in [0.3, 0.4) is 0 Å². The molecule has 0 aliphatic carbocycles. The van der Waals surface area contributed by atoms with E-state index in [1.807, 2.05) is 0 Å². The summed E-state index contributed by atoms with van der Waals surface area (Å²) >= 11 is 0. The first-order chi connectivity index (χ1) is 3.86. The Morgan fingerprint density at radius 1 is 1.50 bits per heavy atom. The largest absolute Gasteiger partial charge is 0.459 e. The molecule has 2 fully saturated rings. The van der Waals surface area contributed by atoms with Crippen LogP contribution in [0.5, 0.6) is 0 Å². The molecule has 0 aromatic carbocycles. The SMILES string of the molecule is O=C1CC(C2CO2)O1. The van der Waals surface area contributed by atoms with Crippen molar-refractivity contribution in [2.45, 2.75) is 18.6 Å². The minimum Gasteiger partial charge on any atom is -0.459 e. The summed E-state index contributed by atoms with van der Waals surface area (Å²) < 4.78 is 9.58. The molecule has 2 aliphatic heterocycles. The van der Waals surface area contributed by atoms with Crippen molar-refractivity contribution >= 4 is 5.97 Å². The van der Waals surface area contributed by atoms with E-state index in [0.29, 0.717) is 6.42 Å². The lowest BCUT2D eigenvalue weighted by Gasteiger charge is -2.23. The molecule has 0 aromatic heterocycles. The Labute approximate surface area is 46.6 Å². The quantitative estimate of drug-likeness (QED) is 0.347. The minimum atomic E-state index is -0.0921. The van der Waals surface area contributed by atoms with Crippen molar-refractivity contribution < 1.29 is 14.3 Å². The van der Waals surface area contributed by atoms with Gasteiger partial charge < -0.3 is 9.47 Å². The van der Waals surface area contributed by atoms with Crippen molar-refractivity contribution in [1.82, 2.24) is 0 Å². The van der Waals surface area contributed by atoms with E-state index in [4.69, 9.17) is 9.47 Å². The molecule has 0 aromatic rings. The zero-order valence-electron chi connectivity index (χ0n) is 4.29. The maximum absolute atomic E-state index is 10.2. The van der Waals surface area contributed by atoms with Crippen LogP contribution in [0.25, 0.3) is 0 Å². The smallest absolute Gasteiger partial charge is 0.310 e. The zero-order valence-corrected chi connectivity index (χ0v) is 4.29. The van der Waals surface area contributed by atoms with Gasteiger partial charge in [0, 0.05) is 0 Å². The highest BCUT2D eigenvalue weighted by atomic mass is 16.6. The average Bonchev–Trinajstić information content (AvgIpc) is 2.37. The fraction of sp³-hybridized carbons (Fsp3) is 0.800. The summed E-state index contributed by atoms with van der Waals surface area (Å²) in [5, 5.41) is 0. The van der Waals surface area contributed by atoms with Gasteiger partial charge in [-0.2, -0.15) is 0 Å². The molecule has 2 heterocycles. The third-order valence-electron chi connectivity index (χ3n) is 1.42. The second kappa shape index (κ2) is 1.23. The van der Waals surface area contributed by atoms with Gasteiger partial charge in [0.2, 0.25) is 0 Å². The predicted octanol–water partition coefficient (Wildman–Crippen LogP) is -0.299.